The molecule has 3 N–H and O–H groups in total. The van der Waals surface area contributed by atoms with Gasteiger partial charge in [-0.25, -0.2) is 9.67 Å². The van der Waals surface area contributed by atoms with Crippen molar-refractivity contribution < 1.29 is 4.79 Å². The van der Waals surface area contributed by atoms with Crippen LogP contribution in [-0.4, -0.2) is 20.7 Å². The van der Waals surface area contributed by atoms with Gasteiger partial charge in [0, 0.05) is 11.1 Å². The van der Waals surface area contributed by atoms with E-state index in [0.717, 1.165) is 10.6 Å². The highest BCUT2D eigenvalue weighted by Crippen LogP contribution is 2.20. The molecule has 3 rings (SSSR count). The Hall–Kier alpha value is -2.67. The van der Waals surface area contributed by atoms with Gasteiger partial charge in [-0.2, -0.15) is 0 Å². The molecule has 0 saturated heterocycles. The number of nitrogens with zero attached hydrogens (tertiary/aromatic N) is 3. The average Bonchev–Trinajstić information content (AvgIpc) is 3.07. The Kier molecular flexibility index (Phi) is 3.41. The van der Waals surface area contributed by atoms with E-state index in [0.29, 0.717) is 16.5 Å². The number of carbonyl (C=O) groups excluding carboxylic acids is 1. The molecule has 3 aromatic rings. The van der Waals surface area contributed by atoms with Crippen LogP contribution >= 0.6 is 11.3 Å². The van der Waals surface area contributed by atoms with E-state index in [2.05, 4.69) is 15.4 Å². The summed E-state index contributed by atoms with van der Waals surface area (Å²) < 4.78 is 1.62. The maximum atomic E-state index is 12.1. The third-order valence-corrected chi connectivity index (χ3v) is 3.72. The topological polar surface area (TPSA) is 85.8 Å². The predicted molar refractivity (Wildman–Crippen MR) is 82.8 cm³/mol. The van der Waals surface area contributed by atoms with Crippen LogP contribution in [0.1, 0.15) is 14.7 Å². The number of carbonyl (C=O) groups is 1. The van der Waals surface area contributed by atoms with Gasteiger partial charge in [0.05, 0.1) is 17.6 Å². The molecule has 0 radical (unpaired) electrons. The zero-order valence-electron chi connectivity index (χ0n) is 11.3. The van der Waals surface area contributed by atoms with Crippen LogP contribution in [0.5, 0.6) is 0 Å². The Labute approximate surface area is 125 Å². The van der Waals surface area contributed by atoms with Gasteiger partial charge in [0.25, 0.3) is 5.91 Å². The molecule has 2 heterocycles. The van der Waals surface area contributed by atoms with Gasteiger partial charge < -0.3 is 11.1 Å². The molecule has 0 aliphatic rings. The van der Waals surface area contributed by atoms with Crippen molar-refractivity contribution in [1.29, 1.82) is 0 Å². The second-order valence-electron chi connectivity index (χ2n) is 4.44. The standard InChI is InChI=1S/C14H13N5OS/c1-9-7-16-14(21-9)13(20)17-12-11(15)8-19(18-12)10-5-3-2-4-6-10/h2-8H,15H2,1H3,(H,17,18,20). The van der Waals surface area contributed by atoms with Gasteiger partial charge in [0.2, 0.25) is 0 Å². The summed E-state index contributed by atoms with van der Waals surface area (Å²) in [6, 6.07) is 9.54. The van der Waals surface area contributed by atoms with Crippen molar-refractivity contribution in [2.24, 2.45) is 0 Å². The second-order valence-corrected chi connectivity index (χ2v) is 5.68. The minimum atomic E-state index is -0.307. The van der Waals surface area contributed by atoms with Gasteiger partial charge >= 0.3 is 0 Å². The number of para-hydroxylation sites is 1. The number of nitrogen functional groups attached to an aromatic ring is 1. The first-order chi connectivity index (χ1) is 10.1. The quantitative estimate of drug-likeness (QED) is 0.778. The summed E-state index contributed by atoms with van der Waals surface area (Å²) >= 11 is 1.33. The molecule has 2 aromatic heterocycles. The minimum absolute atomic E-state index is 0.307. The first kappa shape index (κ1) is 13.3. The summed E-state index contributed by atoms with van der Waals surface area (Å²) in [5.74, 6) is 0.0230. The summed E-state index contributed by atoms with van der Waals surface area (Å²) in [6.07, 6.45) is 3.32. The number of aryl methyl sites for hydroxylation is 1. The van der Waals surface area contributed by atoms with Crippen LogP contribution in [0.15, 0.2) is 42.7 Å². The molecule has 1 amide bonds. The Morgan fingerprint density at radius 2 is 2.10 bits per heavy atom. The molecule has 0 aliphatic carbocycles. The van der Waals surface area contributed by atoms with Crippen molar-refractivity contribution in [3.05, 3.63) is 52.6 Å². The molecular weight excluding hydrogens is 286 g/mol. The zero-order valence-corrected chi connectivity index (χ0v) is 12.1. The number of rotatable bonds is 3. The van der Waals surface area contributed by atoms with E-state index in [9.17, 15) is 4.79 Å². The SMILES string of the molecule is Cc1cnc(C(=O)Nc2nn(-c3ccccc3)cc2N)s1. The van der Waals surface area contributed by atoms with E-state index in [1.165, 1.54) is 11.3 Å². The predicted octanol–water partition coefficient (Wildman–Crippen LogP) is 2.47. The molecule has 0 bridgehead atoms. The molecule has 0 spiro atoms. The number of hydrogen-bond acceptors (Lipinski definition) is 5. The molecule has 106 valence electrons. The average molecular weight is 299 g/mol. The van der Waals surface area contributed by atoms with Gasteiger partial charge in [0.15, 0.2) is 10.8 Å². The van der Waals surface area contributed by atoms with Crippen molar-refractivity contribution in [3.63, 3.8) is 0 Å². The maximum absolute atomic E-state index is 12.1. The number of amides is 1. The monoisotopic (exact) mass is 299 g/mol. The molecule has 0 unspecified atom stereocenters. The van der Waals surface area contributed by atoms with Crippen LogP contribution in [-0.2, 0) is 0 Å². The fraction of sp³-hybridized carbons (Fsp3) is 0.0714. The lowest BCUT2D eigenvalue weighted by Gasteiger charge is -2.00. The normalized spacial score (nSPS) is 10.5. The Morgan fingerprint density at radius 1 is 1.33 bits per heavy atom. The van der Waals surface area contributed by atoms with Crippen LogP contribution in [0, 0.1) is 6.92 Å². The smallest absolute Gasteiger partial charge is 0.285 e. The van der Waals surface area contributed by atoms with Crippen LogP contribution in [0.4, 0.5) is 11.5 Å². The summed E-state index contributed by atoms with van der Waals surface area (Å²) in [5.41, 5.74) is 7.17. The van der Waals surface area contributed by atoms with Gasteiger partial charge in [-0.05, 0) is 19.1 Å². The lowest BCUT2D eigenvalue weighted by molar-refractivity contribution is 0.102. The van der Waals surface area contributed by atoms with Gasteiger partial charge in [-0.3, -0.25) is 4.79 Å². The molecule has 0 fully saturated rings. The Bertz CT molecular complexity index is 778. The number of nitrogens with one attached hydrogen (secondary N) is 1. The lowest BCUT2D eigenvalue weighted by atomic mass is 10.3. The van der Waals surface area contributed by atoms with Crippen molar-refractivity contribution in [2.45, 2.75) is 6.92 Å². The van der Waals surface area contributed by atoms with E-state index in [4.69, 9.17) is 5.73 Å². The number of thiazole rings is 1. The van der Waals surface area contributed by atoms with Crippen molar-refractivity contribution in [3.8, 4) is 5.69 Å². The number of anilines is 2. The maximum Gasteiger partial charge on any atom is 0.285 e. The molecule has 1 aromatic carbocycles. The number of hydrogen-bond donors (Lipinski definition) is 2. The van der Waals surface area contributed by atoms with E-state index < -0.39 is 0 Å². The fourth-order valence-electron chi connectivity index (χ4n) is 1.82. The number of aromatic nitrogens is 3. The van der Waals surface area contributed by atoms with Crippen LogP contribution in [0.3, 0.4) is 0 Å². The van der Waals surface area contributed by atoms with Crippen molar-refractivity contribution in [1.82, 2.24) is 14.8 Å². The Balaban J connectivity index is 1.84. The highest BCUT2D eigenvalue weighted by atomic mass is 32.1. The number of nitrogens with two attached hydrogens (primary N) is 1. The van der Waals surface area contributed by atoms with Gasteiger partial charge in [-0.1, -0.05) is 18.2 Å². The lowest BCUT2D eigenvalue weighted by Crippen LogP contribution is -2.13. The zero-order chi connectivity index (χ0) is 14.8. The van der Waals surface area contributed by atoms with Gasteiger partial charge in [-0.15, -0.1) is 16.4 Å². The summed E-state index contributed by atoms with van der Waals surface area (Å²) in [6.45, 7) is 1.90. The molecule has 0 saturated carbocycles. The van der Waals surface area contributed by atoms with Crippen molar-refractivity contribution in [2.75, 3.05) is 11.1 Å². The van der Waals surface area contributed by atoms with Gasteiger partial charge in [0.1, 0.15) is 0 Å². The summed E-state index contributed by atoms with van der Waals surface area (Å²) in [4.78, 5) is 17.1. The number of benzene rings is 1. The molecular formula is C14H13N5OS. The highest BCUT2D eigenvalue weighted by Gasteiger charge is 2.14. The molecule has 7 heteroatoms. The van der Waals surface area contributed by atoms with Crippen molar-refractivity contribution >= 4 is 28.7 Å². The minimum Gasteiger partial charge on any atom is -0.394 e. The molecule has 0 atom stereocenters. The first-order valence-corrected chi connectivity index (χ1v) is 7.09. The van der Waals surface area contributed by atoms with Crippen LogP contribution in [0.2, 0.25) is 0 Å². The largest absolute Gasteiger partial charge is 0.394 e. The third-order valence-electron chi connectivity index (χ3n) is 2.81. The fourth-order valence-corrected chi connectivity index (χ4v) is 2.48. The van der Waals surface area contributed by atoms with E-state index in [-0.39, 0.29) is 5.91 Å². The third kappa shape index (κ3) is 2.77. The Morgan fingerprint density at radius 3 is 2.76 bits per heavy atom. The first-order valence-electron chi connectivity index (χ1n) is 6.28. The van der Waals surface area contributed by atoms with Crippen LogP contribution in [0.25, 0.3) is 5.69 Å². The van der Waals surface area contributed by atoms with E-state index >= 15 is 0 Å². The molecule has 21 heavy (non-hydrogen) atoms. The molecule has 0 aliphatic heterocycles. The van der Waals surface area contributed by atoms with Crippen LogP contribution < -0.4 is 11.1 Å². The van der Waals surface area contributed by atoms with E-state index in [1.807, 2.05) is 37.3 Å². The summed E-state index contributed by atoms with van der Waals surface area (Å²) in [5, 5.41) is 7.36. The van der Waals surface area contributed by atoms with E-state index in [1.54, 1.807) is 17.1 Å². The highest BCUT2D eigenvalue weighted by molar-refractivity contribution is 7.13. The summed E-state index contributed by atoms with van der Waals surface area (Å²) in [7, 11) is 0. The second kappa shape index (κ2) is 5.37. The molecule has 6 nitrogen and oxygen atoms in total.